The molecule has 0 bridgehead atoms. The van der Waals surface area contributed by atoms with Crippen LogP contribution in [0.4, 0.5) is 18.0 Å². The average Bonchev–Trinajstić information content (AvgIpc) is 2.72. The number of halogens is 3. The second kappa shape index (κ2) is 5.27. The van der Waals surface area contributed by atoms with Crippen molar-refractivity contribution in [1.29, 1.82) is 0 Å². The largest absolute Gasteiger partial charge is 0.452 e. The molecule has 0 saturated heterocycles. The minimum atomic E-state index is -4.40. The number of methoxy groups -OCH3 is 1. The maximum atomic E-state index is 12.8. The van der Waals surface area contributed by atoms with Crippen LogP contribution in [0.3, 0.4) is 0 Å². The average molecular weight is 297 g/mol. The fourth-order valence-electron chi connectivity index (χ4n) is 2.29. The van der Waals surface area contributed by atoms with Crippen LogP contribution in [0.2, 0.25) is 0 Å². The predicted molar refractivity (Wildman–Crippen MR) is 72.1 cm³/mol. The molecule has 0 amide bonds. The van der Waals surface area contributed by atoms with Crippen LogP contribution in [0, 0.1) is 13.8 Å². The first-order valence-electron chi connectivity index (χ1n) is 6.20. The van der Waals surface area contributed by atoms with Crippen molar-refractivity contribution in [3.63, 3.8) is 0 Å². The Bertz CT molecular complexity index is 687. The number of rotatable bonds is 1. The summed E-state index contributed by atoms with van der Waals surface area (Å²) in [6.45, 7) is 3.36. The molecule has 0 saturated carbocycles. The summed E-state index contributed by atoms with van der Waals surface area (Å²) in [5.74, 6) is 0. The van der Waals surface area contributed by atoms with Gasteiger partial charge in [0.05, 0.1) is 12.7 Å². The highest BCUT2D eigenvalue weighted by Crippen LogP contribution is 2.34. The zero-order valence-corrected chi connectivity index (χ0v) is 11.8. The molecule has 0 N–H and O–H groups in total. The number of alkyl halides is 3. The molecule has 0 fully saturated rings. The third-order valence-electron chi connectivity index (χ3n) is 3.29. The fourth-order valence-corrected chi connectivity index (χ4v) is 2.29. The summed E-state index contributed by atoms with van der Waals surface area (Å²) < 4.78 is 44.3. The fraction of sp³-hybridized carbons (Fsp3) is 0.267. The Morgan fingerprint density at radius 3 is 2.43 bits per heavy atom. The van der Waals surface area contributed by atoms with Gasteiger partial charge in [0, 0.05) is 17.0 Å². The van der Waals surface area contributed by atoms with Crippen LogP contribution in [0.5, 0.6) is 0 Å². The highest BCUT2D eigenvalue weighted by molar-refractivity contribution is 5.78. The van der Waals surface area contributed by atoms with Gasteiger partial charge in [-0.15, -0.1) is 0 Å². The van der Waals surface area contributed by atoms with E-state index >= 15 is 0 Å². The summed E-state index contributed by atoms with van der Waals surface area (Å²) in [5, 5.41) is 0. The van der Waals surface area contributed by atoms with Crippen LogP contribution in [-0.4, -0.2) is 17.8 Å². The molecule has 1 heterocycles. The smallest absolute Gasteiger partial charge is 0.418 e. The maximum Gasteiger partial charge on any atom is 0.418 e. The van der Waals surface area contributed by atoms with Crippen molar-refractivity contribution >= 4 is 6.09 Å². The van der Waals surface area contributed by atoms with E-state index in [2.05, 4.69) is 4.74 Å². The minimum Gasteiger partial charge on any atom is -0.452 e. The molecule has 0 unspecified atom stereocenters. The lowest BCUT2D eigenvalue weighted by Crippen LogP contribution is -2.14. The lowest BCUT2D eigenvalue weighted by Gasteiger charge is -2.09. The molecule has 1 aromatic carbocycles. The van der Waals surface area contributed by atoms with Crippen LogP contribution in [0.15, 0.2) is 30.3 Å². The van der Waals surface area contributed by atoms with Crippen molar-refractivity contribution in [2.75, 3.05) is 7.11 Å². The van der Waals surface area contributed by atoms with Crippen LogP contribution in [0.25, 0.3) is 11.1 Å². The molecule has 0 aliphatic rings. The Labute approximate surface area is 120 Å². The first-order valence-corrected chi connectivity index (χ1v) is 6.20. The number of hydrogen-bond donors (Lipinski definition) is 0. The molecule has 2 rings (SSSR count). The number of aromatic nitrogens is 1. The lowest BCUT2D eigenvalue weighted by atomic mass is 10.0. The Morgan fingerprint density at radius 1 is 1.19 bits per heavy atom. The van der Waals surface area contributed by atoms with Crippen LogP contribution in [0.1, 0.15) is 17.0 Å². The zero-order chi connectivity index (χ0) is 15.8. The molecule has 3 nitrogen and oxygen atoms in total. The number of carbonyl (C=O) groups is 1. The van der Waals surface area contributed by atoms with E-state index in [-0.39, 0.29) is 0 Å². The Balaban J connectivity index is 2.56. The summed E-state index contributed by atoms with van der Waals surface area (Å²) in [5.41, 5.74) is 1.41. The molecule has 2 aromatic rings. The first kappa shape index (κ1) is 15.2. The molecule has 0 radical (unpaired) electrons. The van der Waals surface area contributed by atoms with Crippen LogP contribution in [-0.2, 0) is 10.9 Å². The van der Waals surface area contributed by atoms with E-state index in [0.717, 1.165) is 12.1 Å². The number of benzene rings is 1. The number of hydrogen-bond acceptors (Lipinski definition) is 2. The van der Waals surface area contributed by atoms with Crippen molar-refractivity contribution in [3.05, 3.63) is 47.3 Å². The highest BCUT2D eigenvalue weighted by Gasteiger charge is 2.30. The SMILES string of the molecule is COC(=O)n1c(C)cc(-c2cccc(C(F)(F)F)c2)c1C. The van der Waals surface area contributed by atoms with Crippen molar-refractivity contribution in [1.82, 2.24) is 4.57 Å². The Morgan fingerprint density at radius 2 is 1.86 bits per heavy atom. The highest BCUT2D eigenvalue weighted by atomic mass is 19.4. The van der Waals surface area contributed by atoms with E-state index in [9.17, 15) is 18.0 Å². The number of aryl methyl sites for hydroxylation is 1. The van der Waals surface area contributed by atoms with Crippen LogP contribution < -0.4 is 0 Å². The van der Waals surface area contributed by atoms with Gasteiger partial charge < -0.3 is 4.74 Å². The number of carbonyl (C=O) groups excluding carboxylic acids is 1. The molecule has 0 aliphatic heterocycles. The summed E-state index contributed by atoms with van der Waals surface area (Å²) in [6, 6.07) is 6.69. The van der Waals surface area contributed by atoms with Gasteiger partial charge in [0.1, 0.15) is 0 Å². The molecule has 0 atom stereocenters. The zero-order valence-electron chi connectivity index (χ0n) is 11.8. The molecule has 0 aliphatic carbocycles. The number of ether oxygens (including phenoxy) is 1. The summed E-state index contributed by atoms with van der Waals surface area (Å²) >= 11 is 0. The maximum absolute atomic E-state index is 12.8. The molecule has 0 spiro atoms. The van der Waals surface area contributed by atoms with Crippen molar-refractivity contribution < 1.29 is 22.7 Å². The van der Waals surface area contributed by atoms with Gasteiger partial charge in [-0.05, 0) is 37.6 Å². The normalized spacial score (nSPS) is 11.5. The standard InChI is InChI=1S/C15H14F3NO2/c1-9-7-13(10(2)19(9)14(20)21-3)11-5-4-6-12(8-11)15(16,17)18/h4-8H,1-3H3. The Hall–Kier alpha value is -2.24. The first-order chi connectivity index (χ1) is 9.75. The molecule has 21 heavy (non-hydrogen) atoms. The third-order valence-corrected chi connectivity index (χ3v) is 3.29. The molecular formula is C15H14F3NO2. The van der Waals surface area contributed by atoms with E-state index in [0.29, 0.717) is 22.5 Å². The van der Waals surface area contributed by atoms with E-state index < -0.39 is 17.8 Å². The van der Waals surface area contributed by atoms with Crippen molar-refractivity contribution in [2.45, 2.75) is 20.0 Å². The topological polar surface area (TPSA) is 31.2 Å². The minimum absolute atomic E-state index is 0.410. The van der Waals surface area contributed by atoms with Gasteiger partial charge in [0.25, 0.3) is 0 Å². The van der Waals surface area contributed by atoms with E-state index in [1.807, 2.05) is 0 Å². The summed E-state index contributed by atoms with van der Waals surface area (Å²) in [7, 11) is 1.26. The van der Waals surface area contributed by atoms with Crippen molar-refractivity contribution in [2.24, 2.45) is 0 Å². The van der Waals surface area contributed by atoms with Crippen LogP contribution >= 0.6 is 0 Å². The Kier molecular flexibility index (Phi) is 3.80. The third kappa shape index (κ3) is 2.79. The summed E-state index contributed by atoms with van der Waals surface area (Å²) in [6.07, 6.45) is -4.97. The number of nitrogens with zero attached hydrogens (tertiary/aromatic N) is 1. The second-order valence-corrected chi connectivity index (χ2v) is 4.67. The van der Waals surface area contributed by atoms with Gasteiger partial charge in [0.2, 0.25) is 0 Å². The quantitative estimate of drug-likeness (QED) is 0.781. The van der Waals surface area contributed by atoms with Gasteiger partial charge >= 0.3 is 12.3 Å². The van der Waals surface area contributed by atoms with Gasteiger partial charge in [-0.2, -0.15) is 13.2 Å². The molecule has 112 valence electrons. The van der Waals surface area contributed by atoms with Gasteiger partial charge in [-0.3, -0.25) is 4.57 Å². The van der Waals surface area contributed by atoms with Gasteiger partial charge in [-0.25, -0.2) is 4.79 Å². The van der Waals surface area contributed by atoms with E-state index in [1.165, 1.54) is 17.7 Å². The van der Waals surface area contributed by atoms with Gasteiger partial charge in [0.15, 0.2) is 0 Å². The molecular weight excluding hydrogens is 283 g/mol. The lowest BCUT2D eigenvalue weighted by molar-refractivity contribution is -0.137. The summed E-state index contributed by atoms with van der Waals surface area (Å²) in [4.78, 5) is 11.7. The van der Waals surface area contributed by atoms with Crippen molar-refractivity contribution in [3.8, 4) is 11.1 Å². The van der Waals surface area contributed by atoms with E-state index in [4.69, 9.17) is 0 Å². The second-order valence-electron chi connectivity index (χ2n) is 4.67. The van der Waals surface area contributed by atoms with Gasteiger partial charge in [-0.1, -0.05) is 12.1 Å². The monoisotopic (exact) mass is 297 g/mol. The van der Waals surface area contributed by atoms with E-state index in [1.54, 1.807) is 26.0 Å². The predicted octanol–water partition coefficient (Wildman–Crippen LogP) is 4.41. The molecule has 1 aromatic heterocycles. The molecule has 6 heteroatoms.